The number of allylic oxidation sites excluding steroid dienone is 1. The minimum Gasteiger partial charge on any atom is -0.424 e. The number of halogens is 3. The van der Waals surface area contributed by atoms with Crippen molar-refractivity contribution in [2.45, 2.75) is 12.5 Å². The number of nitrogens with one attached hydrogen (secondary N) is 1. The molecule has 120 valence electrons. The fraction of sp³-hybridized carbons (Fsp3) is 0.143. The second-order valence-corrected chi connectivity index (χ2v) is 4.64. The minimum atomic E-state index is -4.39. The van der Waals surface area contributed by atoms with Gasteiger partial charge in [-0.05, 0) is 18.2 Å². The van der Waals surface area contributed by atoms with Gasteiger partial charge in [0.25, 0.3) is 6.01 Å². The molecule has 0 saturated heterocycles. The van der Waals surface area contributed by atoms with Crippen molar-refractivity contribution in [1.82, 2.24) is 10.0 Å². The Morgan fingerprint density at radius 3 is 2.61 bits per heavy atom. The zero-order valence-electron chi connectivity index (χ0n) is 11.5. The minimum absolute atomic E-state index is 0.0800. The first kappa shape index (κ1) is 15.1. The van der Waals surface area contributed by atoms with Crippen molar-refractivity contribution in [3.05, 3.63) is 48.3 Å². The zero-order valence-corrected chi connectivity index (χ0v) is 11.5. The van der Waals surface area contributed by atoms with Gasteiger partial charge in [0.1, 0.15) is 0 Å². The lowest BCUT2D eigenvalue weighted by molar-refractivity contribution is -0.137. The summed E-state index contributed by atoms with van der Waals surface area (Å²) in [7, 11) is 0. The van der Waals surface area contributed by atoms with Crippen LogP contribution < -0.4 is 5.32 Å². The third-order valence-corrected chi connectivity index (χ3v) is 3.06. The summed E-state index contributed by atoms with van der Waals surface area (Å²) < 4.78 is 43.0. The molecule has 0 amide bonds. The van der Waals surface area contributed by atoms with Crippen LogP contribution in [0.4, 0.5) is 19.2 Å². The van der Waals surface area contributed by atoms with Crippen LogP contribution in [0.1, 0.15) is 5.56 Å². The van der Waals surface area contributed by atoms with Gasteiger partial charge in [-0.1, -0.05) is 12.1 Å². The smallest absolute Gasteiger partial charge is 0.416 e. The van der Waals surface area contributed by atoms with E-state index in [0.29, 0.717) is 11.3 Å². The first-order valence-corrected chi connectivity index (χ1v) is 6.51. The van der Waals surface area contributed by atoms with Gasteiger partial charge >= 0.3 is 6.18 Å². The van der Waals surface area contributed by atoms with E-state index in [0.717, 1.165) is 17.2 Å². The summed E-state index contributed by atoms with van der Waals surface area (Å²) in [6.07, 6.45) is 0.619. The van der Waals surface area contributed by atoms with Crippen molar-refractivity contribution in [2.75, 3.05) is 5.32 Å². The van der Waals surface area contributed by atoms with Crippen LogP contribution in [0.25, 0.3) is 11.3 Å². The largest absolute Gasteiger partial charge is 0.424 e. The van der Waals surface area contributed by atoms with Crippen LogP contribution in [0.3, 0.4) is 0 Å². The van der Waals surface area contributed by atoms with E-state index in [1.54, 1.807) is 6.08 Å². The van der Waals surface area contributed by atoms with Gasteiger partial charge in [-0.3, -0.25) is 10.5 Å². The molecule has 1 atom stereocenters. The number of aromatic nitrogens is 1. The molecule has 3 rings (SSSR count). The number of hydroxylamine groups is 2. The normalized spacial score (nSPS) is 17.6. The second kappa shape index (κ2) is 5.76. The number of oxazole rings is 1. The highest BCUT2D eigenvalue weighted by molar-refractivity contribution is 5.72. The number of rotatable bonds is 3. The van der Waals surface area contributed by atoms with E-state index in [2.05, 4.69) is 15.3 Å². The molecule has 1 aliphatic heterocycles. The van der Waals surface area contributed by atoms with Gasteiger partial charge in [-0.15, -0.1) is 0 Å². The molecule has 0 aliphatic carbocycles. The Labute approximate surface area is 128 Å². The topological polar surface area (TPSA) is 73.9 Å². The molecule has 0 spiro atoms. The van der Waals surface area contributed by atoms with Crippen molar-refractivity contribution in [3.63, 3.8) is 0 Å². The number of nitrogens with zero attached hydrogens (tertiary/aromatic N) is 3. The fourth-order valence-electron chi connectivity index (χ4n) is 1.92. The SMILES string of the molecule is ON1C=CC=NC1Nc1ncc(-c2ccc(C(F)(F)F)cc2)o1. The predicted molar refractivity (Wildman–Crippen MR) is 75.6 cm³/mol. The molecule has 0 saturated carbocycles. The van der Waals surface area contributed by atoms with E-state index >= 15 is 0 Å². The van der Waals surface area contributed by atoms with E-state index < -0.39 is 18.0 Å². The summed E-state index contributed by atoms with van der Waals surface area (Å²) in [6, 6.07) is 4.61. The van der Waals surface area contributed by atoms with Crippen LogP contribution in [0.5, 0.6) is 0 Å². The number of benzene rings is 1. The van der Waals surface area contributed by atoms with Gasteiger partial charge < -0.3 is 4.42 Å². The maximum Gasteiger partial charge on any atom is 0.416 e. The molecule has 2 heterocycles. The molecular formula is C14H11F3N4O2. The Bertz CT molecular complexity index is 737. The molecule has 0 bridgehead atoms. The monoisotopic (exact) mass is 324 g/mol. The van der Waals surface area contributed by atoms with Crippen LogP contribution in [-0.4, -0.2) is 27.8 Å². The van der Waals surface area contributed by atoms with E-state index in [-0.39, 0.29) is 6.01 Å². The highest BCUT2D eigenvalue weighted by Gasteiger charge is 2.30. The van der Waals surface area contributed by atoms with E-state index in [1.807, 2.05) is 0 Å². The molecule has 1 aromatic heterocycles. The average Bonchev–Trinajstić information content (AvgIpc) is 2.97. The lowest BCUT2D eigenvalue weighted by Crippen LogP contribution is -2.34. The highest BCUT2D eigenvalue weighted by Crippen LogP contribution is 2.31. The number of hydrogen-bond acceptors (Lipinski definition) is 6. The van der Waals surface area contributed by atoms with Crippen molar-refractivity contribution >= 4 is 12.2 Å². The lowest BCUT2D eigenvalue weighted by Gasteiger charge is -2.22. The molecule has 1 aliphatic rings. The van der Waals surface area contributed by atoms with Gasteiger partial charge in [0.2, 0.25) is 6.29 Å². The number of aliphatic imine (C=N–C) groups is 1. The van der Waals surface area contributed by atoms with Crippen LogP contribution in [-0.2, 0) is 6.18 Å². The van der Waals surface area contributed by atoms with Crippen molar-refractivity contribution < 1.29 is 22.8 Å². The Balaban J connectivity index is 1.74. The molecular weight excluding hydrogens is 313 g/mol. The summed E-state index contributed by atoms with van der Waals surface area (Å²) >= 11 is 0. The predicted octanol–water partition coefficient (Wildman–Crippen LogP) is 3.35. The molecule has 0 fully saturated rings. The van der Waals surface area contributed by atoms with Gasteiger partial charge in [-0.2, -0.15) is 13.2 Å². The van der Waals surface area contributed by atoms with Crippen LogP contribution in [0.15, 0.2) is 52.1 Å². The third-order valence-electron chi connectivity index (χ3n) is 3.06. The number of anilines is 1. The number of alkyl halides is 3. The van der Waals surface area contributed by atoms with Crippen LogP contribution in [0.2, 0.25) is 0 Å². The van der Waals surface area contributed by atoms with Crippen molar-refractivity contribution in [1.29, 1.82) is 0 Å². The van der Waals surface area contributed by atoms with E-state index in [9.17, 15) is 18.4 Å². The summed E-state index contributed by atoms with van der Waals surface area (Å²) in [4.78, 5) is 7.91. The van der Waals surface area contributed by atoms with Gasteiger partial charge in [-0.25, -0.2) is 15.0 Å². The Morgan fingerprint density at radius 2 is 1.96 bits per heavy atom. The third kappa shape index (κ3) is 3.34. The van der Waals surface area contributed by atoms with Crippen molar-refractivity contribution in [3.8, 4) is 11.3 Å². The van der Waals surface area contributed by atoms with Crippen molar-refractivity contribution in [2.24, 2.45) is 4.99 Å². The Hall–Kier alpha value is -2.81. The Morgan fingerprint density at radius 1 is 1.22 bits per heavy atom. The molecule has 2 N–H and O–H groups in total. The highest BCUT2D eigenvalue weighted by atomic mass is 19.4. The zero-order chi connectivity index (χ0) is 16.4. The standard InChI is InChI=1S/C14H11F3N4O2/c15-14(16,17)10-4-2-9(3-5-10)11-8-19-13(23-11)20-12-18-6-1-7-21(12)22/h1-8,12,22H,(H,19,20). The molecule has 1 unspecified atom stereocenters. The average molecular weight is 324 g/mol. The van der Waals surface area contributed by atoms with E-state index in [4.69, 9.17) is 4.42 Å². The first-order chi connectivity index (χ1) is 10.9. The Kier molecular flexibility index (Phi) is 3.78. The van der Waals surface area contributed by atoms with Gasteiger partial charge in [0.05, 0.1) is 11.8 Å². The number of hydrogen-bond donors (Lipinski definition) is 2. The molecule has 1 aromatic carbocycles. The first-order valence-electron chi connectivity index (χ1n) is 6.51. The van der Waals surface area contributed by atoms with Gasteiger partial charge in [0, 0.05) is 18.0 Å². The van der Waals surface area contributed by atoms with Crippen LogP contribution >= 0.6 is 0 Å². The van der Waals surface area contributed by atoms with Gasteiger partial charge in [0.15, 0.2) is 5.76 Å². The molecule has 0 radical (unpaired) electrons. The molecule has 23 heavy (non-hydrogen) atoms. The maximum absolute atomic E-state index is 12.5. The van der Waals surface area contributed by atoms with Crippen LogP contribution in [0, 0.1) is 0 Å². The molecule has 2 aromatic rings. The maximum atomic E-state index is 12.5. The summed E-state index contributed by atoms with van der Waals surface area (Å²) in [5.74, 6) is 0.293. The molecule has 6 nitrogen and oxygen atoms in total. The quantitative estimate of drug-likeness (QED) is 0.906. The summed E-state index contributed by atoms with van der Waals surface area (Å²) in [5.41, 5.74) is -0.287. The lowest BCUT2D eigenvalue weighted by atomic mass is 10.1. The summed E-state index contributed by atoms with van der Waals surface area (Å²) in [5, 5.41) is 13.1. The second-order valence-electron chi connectivity index (χ2n) is 4.64. The molecule has 9 heteroatoms. The van der Waals surface area contributed by atoms with E-state index in [1.165, 1.54) is 30.7 Å². The summed E-state index contributed by atoms with van der Waals surface area (Å²) in [6.45, 7) is 0. The fourth-order valence-corrected chi connectivity index (χ4v) is 1.92.